The molecule has 8 nitrogen and oxygen atoms in total. The molecule has 0 saturated heterocycles. The largest absolute Gasteiger partial charge is 0.495 e. The number of anilines is 2. The van der Waals surface area contributed by atoms with E-state index < -0.39 is 0 Å². The van der Waals surface area contributed by atoms with E-state index in [0.29, 0.717) is 40.6 Å². The molecule has 0 bridgehead atoms. The Balaban J connectivity index is 1.46. The molecular formula is C24H21N5O3. The van der Waals surface area contributed by atoms with E-state index in [4.69, 9.17) is 9.72 Å². The monoisotopic (exact) mass is 427 g/mol. The average molecular weight is 427 g/mol. The number of Topliss-reactive ketones (excluding diaryl/α,β-unsaturated/α-hetero) is 1. The molecular weight excluding hydrogens is 406 g/mol. The fourth-order valence-electron chi connectivity index (χ4n) is 3.82. The van der Waals surface area contributed by atoms with Crippen molar-refractivity contribution in [2.75, 3.05) is 17.7 Å². The highest BCUT2D eigenvalue weighted by atomic mass is 16.5. The molecule has 0 atom stereocenters. The smallest absolute Gasteiger partial charge is 0.256 e. The van der Waals surface area contributed by atoms with Crippen molar-refractivity contribution in [3.05, 3.63) is 71.0 Å². The lowest BCUT2D eigenvalue weighted by Crippen LogP contribution is -2.03. The number of amides is 1. The predicted molar refractivity (Wildman–Crippen MR) is 124 cm³/mol. The maximum atomic E-state index is 12.7. The van der Waals surface area contributed by atoms with Crippen molar-refractivity contribution < 1.29 is 14.3 Å². The van der Waals surface area contributed by atoms with Crippen LogP contribution in [0.1, 0.15) is 34.1 Å². The second kappa shape index (κ2) is 7.73. The van der Waals surface area contributed by atoms with Gasteiger partial charge in [0.25, 0.3) is 5.91 Å². The molecule has 1 aliphatic rings. The Hall–Kier alpha value is -4.33. The number of hydrogen-bond donors (Lipinski definition) is 4. The number of nitrogens with one attached hydrogen (secondary N) is 4. The van der Waals surface area contributed by atoms with Crippen LogP contribution in [0.2, 0.25) is 0 Å². The van der Waals surface area contributed by atoms with Gasteiger partial charge in [0.2, 0.25) is 5.95 Å². The summed E-state index contributed by atoms with van der Waals surface area (Å²) in [7, 11) is 1.59. The lowest BCUT2D eigenvalue weighted by atomic mass is 10.0. The molecule has 0 aliphatic carbocycles. The molecule has 3 heterocycles. The Morgan fingerprint density at radius 1 is 1.16 bits per heavy atom. The van der Waals surface area contributed by atoms with Gasteiger partial charge < -0.3 is 25.3 Å². The van der Waals surface area contributed by atoms with Crippen molar-refractivity contribution in [2.24, 2.45) is 0 Å². The fourth-order valence-corrected chi connectivity index (χ4v) is 3.82. The number of benzene rings is 2. The number of methoxy groups -OCH3 is 1. The summed E-state index contributed by atoms with van der Waals surface area (Å²) in [6.45, 7) is 2.09. The number of carbonyl (C=O) groups is 2. The Morgan fingerprint density at radius 2 is 1.97 bits per heavy atom. The molecule has 0 saturated carbocycles. The standard InChI is InChI=1S/C24H21N5O3/c1-13(30)15-5-3-14(4-6-15)12-26-24-28-18-8-7-17-21(22(18)29-24)16(23(31)27-17)11-19-20(32-2)9-10-25-19/h3-11,25H,12H2,1-2H3,(H,27,31)(H2,26,28,29)/b16-11-. The second-order valence-electron chi connectivity index (χ2n) is 7.55. The Bertz CT molecular complexity index is 1380. The third kappa shape index (κ3) is 3.41. The predicted octanol–water partition coefficient (Wildman–Crippen LogP) is 4.21. The van der Waals surface area contributed by atoms with Gasteiger partial charge in [-0.05, 0) is 36.8 Å². The minimum atomic E-state index is -0.188. The zero-order valence-corrected chi connectivity index (χ0v) is 17.6. The molecule has 1 aliphatic heterocycles. The van der Waals surface area contributed by atoms with E-state index in [0.717, 1.165) is 22.3 Å². The number of aromatic nitrogens is 3. The number of rotatable bonds is 6. The highest BCUT2D eigenvalue weighted by Gasteiger charge is 2.28. The Morgan fingerprint density at radius 3 is 2.72 bits per heavy atom. The van der Waals surface area contributed by atoms with Crippen LogP contribution in [0.3, 0.4) is 0 Å². The van der Waals surface area contributed by atoms with E-state index >= 15 is 0 Å². The number of ketones is 1. The van der Waals surface area contributed by atoms with Gasteiger partial charge in [0, 0.05) is 23.9 Å². The molecule has 160 valence electrons. The number of carbonyl (C=O) groups excluding carboxylic acids is 2. The van der Waals surface area contributed by atoms with Crippen LogP contribution in [0.15, 0.2) is 48.7 Å². The molecule has 32 heavy (non-hydrogen) atoms. The van der Waals surface area contributed by atoms with Gasteiger partial charge in [-0.3, -0.25) is 9.59 Å². The van der Waals surface area contributed by atoms with E-state index in [-0.39, 0.29) is 11.7 Å². The molecule has 0 radical (unpaired) electrons. The molecule has 0 spiro atoms. The number of H-pyrrole nitrogens is 2. The first-order chi connectivity index (χ1) is 15.5. The SMILES string of the molecule is COc1cc[nH]c1/C=C1\C(=O)Nc2ccc3[nH]c(NCc4ccc(C(C)=O)cc4)nc3c21. The van der Waals surface area contributed by atoms with E-state index in [1.165, 1.54) is 0 Å². The van der Waals surface area contributed by atoms with Gasteiger partial charge in [-0.1, -0.05) is 24.3 Å². The van der Waals surface area contributed by atoms with Gasteiger partial charge in [-0.2, -0.15) is 0 Å². The summed E-state index contributed by atoms with van der Waals surface area (Å²) in [6.07, 6.45) is 3.54. The normalized spacial score (nSPS) is 13.9. The lowest BCUT2D eigenvalue weighted by molar-refractivity contribution is -0.110. The van der Waals surface area contributed by atoms with Gasteiger partial charge in [-0.25, -0.2) is 4.98 Å². The summed E-state index contributed by atoms with van der Waals surface area (Å²) in [5.41, 5.74) is 5.93. The maximum Gasteiger partial charge on any atom is 0.256 e. The van der Waals surface area contributed by atoms with Crippen molar-refractivity contribution >= 4 is 46.0 Å². The number of hydrogen-bond acceptors (Lipinski definition) is 5. The summed E-state index contributed by atoms with van der Waals surface area (Å²) in [6, 6.07) is 13.0. The van der Waals surface area contributed by atoms with Crippen LogP contribution in [0.5, 0.6) is 5.75 Å². The highest BCUT2D eigenvalue weighted by Crippen LogP contribution is 2.39. The summed E-state index contributed by atoms with van der Waals surface area (Å²) >= 11 is 0. The third-order valence-electron chi connectivity index (χ3n) is 5.48. The summed E-state index contributed by atoms with van der Waals surface area (Å²) < 4.78 is 5.35. The molecule has 2 aromatic carbocycles. The van der Waals surface area contributed by atoms with Gasteiger partial charge >= 0.3 is 0 Å². The molecule has 8 heteroatoms. The molecule has 0 fully saturated rings. The topological polar surface area (TPSA) is 112 Å². The zero-order chi connectivity index (χ0) is 22.2. The molecule has 4 aromatic rings. The number of ether oxygens (including phenoxy) is 1. The third-order valence-corrected chi connectivity index (χ3v) is 5.48. The first-order valence-corrected chi connectivity index (χ1v) is 10.1. The maximum absolute atomic E-state index is 12.7. The van der Waals surface area contributed by atoms with Crippen molar-refractivity contribution in [3.8, 4) is 5.75 Å². The van der Waals surface area contributed by atoms with Crippen LogP contribution in [0, 0.1) is 0 Å². The van der Waals surface area contributed by atoms with Gasteiger partial charge in [-0.15, -0.1) is 0 Å². The highest BCUT2D eigenvalue weighted by molar-refractivity contribution is 6.37. The summed E-state index contributed by atoms with van der Waals surface area (Å²) in [5.74, 6) is 1.11. The number of fused-ring (bicyclic) bond motifs is 3. The van der Waals surface area contributed by atoms with Crippen molar-refractivity contribution in [1.82, 2.24) is 15.0 Å². The van der Waals surface area contributed by atoms with Crippen LogP contribution in [-0.4, -0.2) is 33.8 Å². The minimum absolute atomic E-state index is 0.0413. The van der Waals surface area contributed by atoms with Crippen LogP contribution in [0.4, 0.5) is 11.6 Å². The van der Waals surface area contributed by atoms with E-state index in [1.807, 2.05) is 36.4 Å². The summed E-state index contributed by atoms with van der Waals surface area (Å²) in [4.78, 5) is 35.2. The Labute approximate surface area is 183 Å². The fraction of sp³-hybridized carbons (Fsp3) is 0.125. The van der Waals surface area contributed by atoms with Crippen LogP contribution < -0.4 is 15.4 Å². The quantitative estimate of drug-likeness (QED) is 0.272. The first kappa shape index (κ1) is 19.6. The minimum Gasteiger partial charge on any atom is -0.495 e. The molecule has 4 N–H and O–H groups in total. The van der Waals surface area contributed by atoms with Gasteiger partial charge in [0.1, 0.15) is 11.3 Å². The molecule has 0 unspecified atom stereocenters. The van der Waals surface area contributed by atoms with Gasteiger partial charge in [0.15, 0.2) is 5.78 Å². The first-order valence-electron chi connectivity index (χ1n) is 10.1. The van der Waals surface area contributed by atoms with Crippen molar-refractivity contribution in [1.29, 1.82) is 0 Å². The average Bonchev–Trinajstić information content (AvgIpc) is 3.49. The Kier molecular flexibility index (Phi) is 4.74. The molecule has 1 amide bonds. The van der Waals surface area contributed by atoms with Crippen molar-refractivity contribution in [3.63, 3.8) is 0 Å². The number of nitrogens with zero attached hydrogens (tertiary/aromatic N) is 1. The van der Waals surface area contributed by atoms with Crippen LogP contribution in [-0.2, 0) is 11.3 Å². The van der Waals surface area contributed by atoms with Crippen molar-refractivity contribution in [2.45, 2.75) is 13.5 Å². The number of imidazole rings is 1. The molecule has 2 aromatic heterocycles. The lowest BCUT2D eigenvalue weighted by Gasteiger charge is -2.04. The molecule has 5 rings (SSSR count). The van der Waals surface area contributed by atoms with Crippen LogP contribution in [0.25, 0.3) is 22.7 Å². The van der Waals surface area contributed by atoms with E-state index in [1.54, 1.807) is 32.4 Å². The van der Waals surface area contributed by atoms with E-state index in [2.05, 4.69) is 20.6 Å². The summed E-state index contributed by atoms with van der Waals surface area (Å²) in [5, 5.41) is 6.18. The second-order valence-corrected chi connectivity index (χ2v) is 7.55. The number of aromatic amines is 2. The van der Waals surface area contributed by atoms with Crippen LogP contribution >= 0.6 is 0 Å². The van der Waals surface area contributed by atoms with E-state index in [9.17, 15) is 9.59 Å². The zero-order valence-electron chi connectivity index (χ0n) is 17.6. The van der Waals surface area contributed by atoms with Gasteiger partial charge in [0.05, 0.1) is 29.6 Å².